The predicted molar refractivity (Wildman–Crippen MR) is 122 cm³/mol. The minimum absolute atomic E-state index is 0.185. The van der Waals surface area contributed by atoms with Gasteiger partial charge in [-0.05, 0) is 43.3 Å². The lowest BCUT2D eigenvalue weighted by Crippen LogP contribution is -2.26. The van der Waals surface area contributed by atoms with E-state index in [0.29, 0.717) is 22.9 Å². The van der Waals surface area contributed by atoms with Crippen molar-refractivity contribution < 1.29 is 19.2 Å². The van der Waals surface area contributed by atoms with Gasteiger partial charge in [0.25, 0.3) is 11.6 Å². The van der Waals surface area contributed by atoms with Crippen LogP contribution in [0.5, 0.6) is 11.5 Å². The van der Waals surface area contributed by atoms with Gasteiger partial charge < -0.3 is 19.7 Å². The van der Waals surface area contributed by atoms with Crippen molar-refractivity contribution in [2.75, 3.05) is 31.5 Å². The molecule has 166 valence electrons. The molecular formula is C23H24N4O5. The Kier molecular flexibility index (Phi) is 6.89. The molecule has 0 aliphatic rings. The molecule has 1 aromatic heterocycles. The summed E-state index contributed by atoms with van der Waals surface area (Å²) in [5.74, 6) is 0.605. The number of amides is 1. The van der Waals surface area contributed by atoms with Crippen LogP contribution in [0, 0.1) is 10.1 Å². The molecule has 0 fully saturated rings. The van der Waals surface area contributed by atoms with Crippen LogP contribution >= 0.6 is 0 Å². The molecule has 0 aliphatic carbocycles. The molecule has 0 spiro atoms. The number of ether oxygens (including phenoxy) is 2. The van der Waals surface area contributed by atoms with E-state index in [1.165, 1.54) is 31.3 Å². The third-order valence-electron chi connectivity index (χ3n) is 5.00. The van der Waals surface area contributed by atoms with Crippen LogP contribution in [0.4, 0.5) is 17.1 Å². The molecule has 1 amide bonds. The van der Waals surface area contributed by atoms with Crippen LogP contribution in [0.1, 0.15) is 29.0 Å². The first kappa shape index (κ1) is 22.5. The van der Waals surface area contributed by atoms with Crippen molar-refractivity contribution in [3.05, 3.63) is 82.2 Å². The van der Waals surface area contributed by atoms with Crippen LogP contribution in [0.2, 0.25) is 0 Å². The quantitative estimate of drug-likeness (QED) is 0.410. The lowest BCUT2D eigenvalue weighted by atomic mass is 10.1. The molecule has 1 heterocycles. The fraction of sp³-hybridized carbons (Fsp3) is 0.217. The first-order valence-corrected chi connectivity index (χ1v) is 9.81. The minimum Gasteiger partial charge on any atom is -0.493 e. The maximum absolute atomic E-state index is 13.0. The van der Waals surface area contributed by atoms with E-state index in [9.17, 15) is 14.9 Å². The highest BCUT2D eigenvalue weighted by Gasteiger charge is 2.22. The number of pyridine rings is 1. The zero-order chi connectivity index (χ0) is 23.3. The second-order valence-electron chi connectivity index (χ2n) is 7.01. The van der Waals surface area contributed by atoms with Gasteiger partial charge in [-0.2, -0.15) is 0 Å². The average molecular weight is 436 g/mol. The Morgan fingerprint density at radius 2 is 1.84 bits per heavy atom. The topological polar surface area (TPSA) is 107 Å². The second kappa shape index (κ2) is 9.78. The monoisotopic (exact) mass is 436 g/mol. The number of benzene rings is 2. The van der Waals surface area contributed by atoms with Crippen LogP contribution in [0.25, 0.3) is 0 Å². The lowest BCUT2D eigenvalue weighted by Gasteiger charge is -2.20. The van der Waals surface area contributed by atoms with Crippen LogP contribution in [-0.2, 0) is 0 Å². The molecule has 2 aromatic carbocycles. The van der Waals surface area contributed by atoms with E-state index in [4.69, 9.17) is 9.47 Å². The minimum atomic E-state index is -0.513. The molecule has 0 radical (unpaired) electrons. The van der Waals surface area contributed by atoms with E-state index >= 15 is 0 Å². The Bertz CT molecular complexity index is 1120. The summed E-state index contributed by atoms with van der Waals surface area (Å²) in [6.07, 6.45) is 1.66. The number of hydrogen-bond acceptors (Lipinski definition) is 7. The Hall–Kier alpha value is -4.14. The van der Waals surface area contributed by atoms with Crippen LogP contribution in [0.3, 0.4) is 0 Å². The number of anilines is 2. The number of methoxy groups -OCH3 is 2. The van der Waals surface area contributed by atoms with Gasteiger partial charge in [-0.25, -0.2) is 0 Å². The number of carbonyl (C=O) groups excluding carboxylic acids is 1. The fourth-order valence-electron chi connectivity index (χ4n) is 3.22. The van der Waals surface area contributed by atoms with Gasteiger partial charge in [0.05, 0.1) is 30.9 Å². The summed E-state index contributed by atoms with van der Waals surface area (Å²) < 4.78 is 10.5. The standard InChI is InChI=1S/C23H24N4O5/c1-15(18-7-5-6-12-24-18)25-19-10-8-16(13-20(19)27(29)30)23(28)26(2)17-9-11-21(31-3)22(14-17)32-4/h5-15,25H,1-4H3. The lowest BCUT2D eigenvalue weighted by molar-refractivity contribution is -0.384. The summed E-state index contributed by atoms with van der Waals surface area (Å²) in [5, 5.41) is 14.8. The molecule has 1 N–H and O–H groups in total. The second-order valence-corrected chi connectivity index (χ2v) is 7.01. The van der Waals surface area contributed by atoms with Crippen molar-refractivity contribution in [1.29, 1.82) is 0 Å². The third-order valence-corrected chi connectivity index (χ3v) is 5.00. The first-order chi connectivity index (χ1) is 15.3. The maximum atomic E-state index is 13.0. The van der Waals surface area contributed by atoms with E-state index in [0.717, 1.165) is 5.69 Å². The van der Waals surface area contributed by atoms with Crippen molar-refractivity contribution in [2.24, 2.45) is 0 Å². The number of nitro benzene ring substituents is 1. The summed E-state index contributed by atoms with van der Waals surface area (Å²) in [4.78, 5) is 29.9. The highest BCUT2D eigenvalue weighted by Crippen LogP contribution is 2.33. The number of rotatable bonds is 8. The van der Waals surface area contributed by atoms with Gasteiger partial charge in [-0.15, -0.1) is 0 Å². The fourth-order valence-corrected chi connectivity index (χ4v) is 3.22. The maximum Gasteiger partial charge on any atom is 0.293 e. The zero-order valence-electron chi connectivity index (χ0n) is 18.2. The van der Waals surface area contributed by atoms with Crippen LogP contribution in [-0.4, -0.2) is 37.1 Å². The summed E-state index contributed by atoms with van der Waals surface area (Å²) in [6.45, 7) is 1.86. The number of nitrogens with one attached hydrogen (secondary N) is 1. The van der Waals surface area contributed by atoms with E-state index in [2.05, 4.69) is 10.3 Å². The average Bonchev–Trinajstić information content (AvgIpc) is 2.83. The van der Waals surface area contributed by atoms with Gasteiger partial charge in [0, 0.05) is 36.6 Å². The number of nitro groups is 1. The molecule has 9 heteroatoms. The number of carbonyl (C=O) groups is 1. The van der Waals surface area contributed by atoms with Gasteiger partial charge in [0.2, 0.25) is 0 Å². The summed E-state index contributed by atoms with van der Waals surface area (Å²) >= 11 is 0. The Morgan fingerprint density at radius 1 is 1.09 bits per heavy atom. The Balaban J connectivity index is 1.87. The number of hydrogen-bond donors (Lipinski definition) is 1. The molecule has 32 heavy (non-hydrogen) atoms. The van der Waals surface area contributed by atoms with E-state index in [1.807, 2.05) is 19.1 Å². The molecule has 3 aromatic rings. The largest absolute Gasteiger partial charge is 0.493 e. The van der Waals surface area contributed by atoms with Crippen molar-refractivity contribution >= 4 is 23.0 Å². The molecule has 0 aliphatic heterocycles. The van der Waals surface area contributed by atoms with Gasteiger partial charge in [0.1, 0.15) is 5.69 Å². The third kappa shape index (κ3) is 4.77. The van der Waals surface area contributed by atoms with Gasteiger partial charge in [-0.1, -0.05) is 6.07 Å². The van der Waals surface area contributed by atoms with E-state index in [1.54, 1.807) is 43.6 Å². The molecule has 0 bridgehead atoms. The van der Waals surface area contributed by atoms with Gasteiger partial charge in [0.15, 0.2) is 11.5 Å². The van der Waals surface area contributed by atoms with Crippen molar-refractivity contribution in [1.82, 2.24) is 4.98 Å². The Morgan fingerprint density at radius 3 is 2.47 bits per heavy atom. The molecule has 0 saturated heterocycles. The van der Waals surface area contributed by atoms with Crippen molar-refractivity contribution in [2.45, 2.75) is 13.0 Å². The van der Waals surface area contributed by atoms with Gasteiger partial charge in [-0.3, -0.25) is 19.9 Å². The highest BCUT2D eigenvalue weighted by atomic mass is 16.6. The molecule has 9 nitrogen and oxygen atoms in total. The SMILES string of the molecule is COc1ccc(N(C)C(=O)c2ccc(NC(C)c3ccccn3)c([N+](=O)[O-])c2)cc1OC. The van der Waals surface area contributed by atoms with Crippen LogP contribution < -0.4 is 19.7 Å². The number of nitrogens with zero attached hydrogens (tertiary/aromatic N) is 3. The summed E-state index contributed by atoms with van der Waals surface area (Å²) in [6, 6.07) is 14.6. The highest BCUT2D eigenvalue weighted by molar-refractivity contribution is 6.06. The van der Waals surface area contributed by atoms with Crippen molar-refractivity contribution in [3.8, 4) is 11.5 Å². The first-order valence-electron chi connectivity index (χ1n) is 9.81. The van der Waals surface area contributed by atoms with Gasteiger partial charge >= 0.3 is 0 Å². The molecular weight excluding hydrogens is 412 g/mol. The number of aromatic nitrogens is 1. The zero-order valence-corrected chi connectivity index (χ0v) is 18.2. The summed E-state index contributed by atoms with van der Waals surface area (Å²) in [5.41, 5.74) is 1.60. The van der Waals surface area contributed by atoms with E-state index in [-0.39, 0.29) is 17.3 Å². The molecule has 1 unspecified atom stereocenters. The smallest absolute Gasteiger partial charge is 0.293 e. The van der Waals surface area contributed by atoms with Crippen molar-refractivity contribution in [3.63, 3.8) is 0 Å². The van der Waals surface area contributed by atoms with E-state index < -0.39 is 10.8 Å². The Labute approximate surface area is 185 Å². The molecule has 0 saturated carbocycles. The van der Waals surface area contributed by atoms with Crippen LogP contribution in [0.15, 0.2) is 60.8 Å². The predicted octanol–water partition coefficient (Wildman–Crippen LogP) is 4.46. The molecule has 1 atom stereocenters. The molecule has 3 rings (SSSR count). The summed E-state index contributed by atoms with van der Waals surface area (Å²) in [7, 11) is 4.62. The normalized spacial score (nSPS) is 11.4.